The van der Waals surface area contributed by atoms with E-state index in [1.165, 1.54) is 0 Å². The monoisotopic (exact) mass is 377 g/mol. The Hall–Kier alpha value is -2.56. The lowest BCUT2D eigenvalue weighted by Crippen LogP contribution is -2.48. The van der Waals surface area contributed by atoms with Crippen LogP contribution in [-0.2, 0) is 4.79 Å². The number of halogens is 3. The van der Waals surface area contributed by atoms with E-state index in [1.807, 2.05) is 18.2 Å². The fourth-order valence-corrected chi connectivity index (χ4v) is 2.22. The Bertz CT molecular complexity index is 563. The van der Waals surface area contributed by atoms with E-state index >= 15 is 0 Å². The minimum atomic E-state index is -5.08. The second-order valence-electron chi connectivity index (χ2n) is 5.44. The number of rotatable bonds is 4. The first kappa shape index (κ1) is 21.5. The molecule has 0 aliphatic carbocycles. The quantitative estimate of drug-likeness (QED) is 0.620. The van der Waals surface area contributed by atoms with Gasteiger partial charge in [-0.2, -0.15) is 13.2 Å². The number of urea groups is 1. The van der Waals surface area contributed by atoms with Gasteiger partial charge in [-0.3, -0.25) is 0 Å². The van der Waals surface area contributed by atoms with E-state index in [1.54, 1.807) is 6.20 Å². The molecule has 1 aromatic rings. The predicted octanol–water partition coefficient (Wildman–Crippen LogP) is 0.942. The number of nitrogens with zero attached hydrogens (tertiary/aromatic N) is 2. The zero-order chi connectivity index (χ0) is 19.6. The summed E-state index contributed by atoms with van der Waals surface area (Å²) in [5.74, 6) is -1.75. The van der Waals surface area contributed by atoms with E-state index in [9.17, 15) is 18.0 Å². The van der Waals surface area contributed by atoms with Gasteiger partial charge in [0.1, 0.15) is 5.82 Å². The standard InChI is InChI=1S/C13H21N5O.C2HF3O2/c14-6-8-16-13(19)17-11-4-9-18(10-5-11)12-3-1-2-7-15-12;3-2(4,5)1(6)7/h1-3,7,11H,4-6,8-10,14H2,(H2,16,17,19);(H,6,7). The zero-order valence-electron chi connectivity index (χ0n) is 14.0. The molecular formula is C15H22F3N5O3. The van der Waals surface area contributed by atoms with Crippen LogP contribution >= 0.6 is 0 Å². The number of carboxylic acids is 1. The molecule has 11 heteroatoms. The summed E-state index contributed by atoms with van der Waals surface area (Å²) in [5, 5.41) is 12.8. The third-order valence-corrected chi connectivity index (χ3v) is 3.48. The first-order valence-electron chi connectivity index (χ1n) is 7.94. The summed E-state index contributed by atoms with van der Waals surface area (Å²) in [6.07, 6.45) is -1.40. The molecule has 2 amide bonds. The van der Waals surface area contributed by atoms with Crippen LogP contribution in [0.3, 0.4) is 0 Å². The highest BCUT2D eigenvalue weighted by molar-refractivity contribution is 5.74. The maximum atomic E-state index is 11.5. The lowest BCUT2D eigenvalue weighted by molar-refractivity contribution is -0.192. The molecule has 2 rings (SSSR count). The second-order valence-corrected chi connectivity index (χ2v) is 5.44. The van der Waals surface area contributed by atoms with Crippen LogP contribution < -0.4 is 21.3 Å². The van der Waals surface area contributed by atoms with Crippen LogP contribution in [0.5, 0.6) is 0 Å². The highest BCUT2D eigenvalue weighted by Crippen LogP contribution is 2.17. The van der Waals surface area contributed by atoms with Gasteiger partial charge in [0, 0.05) is 38.4 Å². The highest BCUT2D eigenvalue weighted by Gasteiger charge is 2.38. The van der Waals surface area contributed by atoms with Gasteiger partial charge >= 0.3 is 18.2 Å². The molecule has 2 heterocycles. The topological polar surface area (TPSA) is 121 Å². The summed E-state index contributed by atoms with van der Waals surface area (Å²) < 4.78 is 31.7. The molecule has 0 aromatic carbocycles. The number of nitrogens with one attached hydrogen (secondary N) is 2. The molecule has 0 atom stereocenters. The van der Waals surface area contributed by atoms with E-state index in [-0.39, 0.29) is 12.1 Å². The maximum Gasteiger partial charge on any atom is 0.490 e. The fraction of sp³-hybridized carbons (Fsp3) is 0.533. The molecule has 26 heavy (non-hydrogen) atoms. The molecule has 0 unspecified atom stereocenters. The van der Waals surface area contributed by atoms with E-state index in [0.29, 0.717) is 13.1 Å². The number of hydrogen-bond acceptors (Lipinski definition) is 5. The van der Waals surface area contributed by atoms with Crippen molar-refractivity contribution >= 4 is 17.8 Å². The third kappa shape index (κ3) is 8.01. The lowest BCUT2D eigenvalue weighted by atomic mass is 10.1. The summed E-state index contributed by atoms with van der Waals surface area (Å²) in [6.45, 7) is 2.81. The summed E-state index contributed by atoms with van der Waals surface area (Å²) in [6, 6.07) is 6.04. The number of aromatic nitrogens is 1. The van der Waals surface area contributed by atoms with Crippen molar-refractivity contribution in [3.8, 4) is 0 Å². The Morgan fingerprint density at radius 1 is 1.31 bits per heavy atom. The first-order valence-corrected chi connectivity index (χ1v) is 7.94. The van der Waals surface area contributed by atoms with Crippen LogP contribution in [0.2, 0.25) is 0 Å². The Labute approximate surface area is 148 Å². The van der Waals surface area contributed by atoms with Crippen LogP contribution in [0.1, 0.15) is 12.8 Å². The number of piperidine rings is 1. The van der Waals surface area contributed by atoms with Crippen molar-refractivity contribution in [2.45, 2.75) is 25.1 Å². The van der Waals surface area contributed by atoms with Gasteiger partial charge in [0.2, 0.25) is 0 Å². The van der Waals surface area contributed by atoms with Gasteiger partial charge in [-0.1, -0.05) is 6.07 Å². The predicted molar refractivity (Wildman–Crippen MR) is 88.8 cm³/mol. The van der Waals surface area contributed by atoms with Crippen LogP contribution in [-0.4, -0.2) is 60.5 Å². The minimum Gasteiger partial charge on any atom is -0.475 e. The summed E-state index contributed by atoms with van der Waals surface area (Å²) in [7, 11) is 0. The number of aliphatic carboxylic acids is 1. The number of carbonyl (C=O) groups is 2. The van der Waals surface area contributed by atoms with Gasteiger partial charge in [-0.15, -0.1) is 0 Å². The number of amides is 2. The number of carbonyl (C=O) groups excluding carboxylic acids is 1. The fourth-order valence-electron chi connectivity index (χ4n) is 2.22. The van der Waals surface area contributed by atoms with Crippen LogP contribution in [0, 0.1) is 0 Å². The molecule has 0 bridgehead atoms. The highest BCUT2D eigenvalue weighted by atomic mass is 19.4. The third-order valence-electron chi connectivity index (χ3n) is 3.48. The average molecular weight is 377 g/mol. The SMILES string of the molecule is NCCNC(=O)NC1CCN(c2ccccn2)CC1.O=C(O)C(F)(F)F. The van der Waals surface area contributed by atoms with Gasteiger partial charge in [0.15, 0.2) is 0 Å². The van der Waals surface area contributed by atoms with Crippen molar-refractivity contribution in [2.75, 3.05) is 31.1 Å². The first-order chi connectivity index (χ1) is 12.2. The molecule has 0 spiro atoms. The van der Waals surface area contributed by atoms with Crippen LogP contribution in [0.25, 0.3) is 0 Å². The molecule has 0 radical (unpaired) electrons. The van der Waals surface area contributed by atoms with Crippen LogP contribution in [0.4, 0.5) is 23.8 Å². The Morgan fingerprint density at radius 2 is 1.92 bits per heavy atom. The molecule has 1 aliphatic heterocycles. The van der Waals surface area contributed by atoms with Crippen molar-refractivity contribution in [3.63, 3.8) is 0 Å². The Balaban J connectivity index is 0.000000412. The molecule has 146 valence electrons. The van der Waals surface area contributed by atoms with Crippen LogP contribution in [0.15, 0.2) is 24.4 Å². The molecule has 1 aromatic heterocycles. The number of pyridine rings is 1. The van der Waals surface area contributed by atoms with Gasteiger partial charge in [-0.25, -0.2) is 14.6 Å². The van der Waals surface area contributed by atoms with Crippen molar-refractivity contribution < 1.29 is 27.9 Å². The molecule has 1 fully saturated rings. The largest absolute Gasteiger partial charge is 0.490 e. The second kappa shape index (κ2) is 10.4. The van der Waals surface area contributed by atoms with E-state index < -0.39 is 12.1 Å². The normalized spacial score (nSPS) is 14.8. The number of nitrogens with two attached hydrogens (primary N) is 1. The number of carboxylic acid groups (broad SMARTS) is 1. The number of hydrogen-bond donors (Lipinski definition) is 4. The Morgan fingerprint density at radius 3 is 2.38 bits per heavy atom. The van der Waals surface area contributed by atoms with E-state index in [2.05, 4.69) is 20.5 Å². The van der Waals surface area contributed by atoms with Crippen molar-refractivity contribution in [2.24, 2.45) is 5.73 Å². The Kier molecular flexibility index (Phi) is 8.62. The van der Waals surface area contributed by atoms with Crippen molar-refractivity contribution in [3.05, 3.63) is 24.4 Å². The van der Waals surface area contributed by atoms with Gasteiger partial charge in [0.05, 0.1) is 0 Å². The molecule has 1 aliphatic rings. The van der Waals surface area contributed by atoms with Crippen molar-refractivity contribution in [1.29, 1.82) is 0 Å². The van der Waals surface area contributed by atoms with E-state index in [0.717, 1.165) is 31.7 Å². The average Bonchev–Trinajstić information content (AvgIpc) is 2.61. The smallest absolute Gasteiger partial charge is 0.475 e. The summed E-state index contributed by atoms with van der Waals surface area (Å²) in [5.41, 5.74) is 5.34. The lowest BCUT2D eigenvalue weighted by Gasteiger charge is -2.33. The summed E-state index contributed by atoms with van der Waals surface area (Å²) in [4.78, 5) is 27.0. The number of anilines is 1. The maximum absolute atomic E-state index is 11.5. The van der Waals surface area contributed by atoms with E-state index in [4.69, 9.17) is 15.6 Å². The molecule has 1 saturated heterocycles. The number of alkyl halides is 3. The van der Waals surface area contributed by atoms with Gasteiger partial charge in [-0.05, 0) is 25.0 Å². The molecule has 8 nitrogen and oxygen atoms in total. The zero-order valence-corrected chi connectivity index (χ0v) is 14.0. The minimum absolute atomic E-state index is 0.123. The molecule has 5 N–H and O–H groups in total. The molecule has 0 saturated carbocycles. The van der Waals surface area contributed by atoms with Gasteiger partial charge in [0.25, 0.3) is 0 Å². The summed E-state index contributed by atoms with van der Waals surface area (Å²) >= 11 is 0. The van der Waals surface area contributed by atoms with Gasteiger partial charge < -0.3 is 26.4 Å². The van der Waals surface area contributed by atoms with Crippen molar-refractivity contribution in [1.82, 2.24) is 15.6 Å². The molecular weight excluding hydrogens is 355 g/mol.